The molecule has 2 aromatic rings. The summed E-state index contributed by atoms with van der Waals surface area (Å²) in [6.45, 7) is 2.96. The van der Waals surface area contributed by atoms with Crippen LogP contribution in [0.2, 0.25) is 0 Å². The second-order valence-corrected chi connectivity index (χ2v) is 8.05. The third-order valence-electron chi connectivity index (χ3n) is 4.23. The summed E-state index contributed by atoms with van der Waals surface area (Å²) in [4.78, 5) is 0. The molecule has 0 unspecified atom stereocenters. The first-order valence-electron chi connectivity index (χ1n) is 8.97. The molecule has 136 valence electrons. The van der Waals surface area contributed by atoms with E-state index in [0.29, 0.717) is 0 Å². The largest absolute Gasteiger partial charge is 0.493 e. The van der Waals surface area contributed by atoms with E-state index in [1.807, 2.05) is 36.4 Å². The van der Waals surface area contributed by atoms with Gasteiger partial charge >= 0.3 is 0 Å². The van der Waals surface area contributed by atoms with Gasteiger partial charge in [0.25, 0.3) is 0 Å². The number of hydrogen-bond donors (Lipinski definition) is 1. The highest BCUT2D eigenvalue weighted by Crippen LogP contribution is 2.36. The summed E-state index contributed by atoms with van der Waals surface area (Å²) in [6.07, 6.45) is 7.48. The number of aliphatic hydroxyl groups is 1. The summed E-state index contributed by atoms with van der Waals surface area (Å²) in [5.74, 6) is 0.861. The number of hydrogen-bond acceptors (Lipinski definition) is 2. The standard InChI is InChI=1S/C21H26Br2O2/c1-2-3-4-5-6-7-12-25-21-14-18(23)9-11-20(21)19-10-8-17(22)13-16(19)15-24/h8-11,13-14,24H,2-7,12,15H2,1H3. The Bertz CT molecular complexity index is 671. The lowest BCUT2D eigenvalue weighted by Gasteiger charge is -2.15. The molecule has 0 aromatic heterocycles. The molecule has 0 saturated carbocycles. The van der Waals surface area contributed by atoms with E-state index in [0.717, 1.165) is 44.4 Å². The topological polar surface area (TPSA) is 29.5 Å². The highest BCUT2D eigenvalue weighted by Gasteiger charge is 2.12. The lowest BCUT2D eigenvalue weighted by Crippen LogP contribution is -2.00. The zero-order valence-corrected chi connectivity index (χ0v) is 17.9. The van der Waals surface area contributed by atoms with Crippen LogP contribution in [0, 0.1) is 0 Å². The van der Waals surface area contributed by atoms with Crippen LogP contribution in [0.1, 0.15) is 51.0 Å². The first-order valence-corrected chi connectivity index (χ1v) is 10.6. The van der Waals surface area contributed by atoms with Gasteiger partial charge in [-0.1, -0.05) is 77.0 Å². The number of ether oxygens (including phenoxy) is 1. The van der Waals surface area contributed by atoms with Gasteiger partial charge in [-0.05, 0) is 47.9 Å². The quantitative estimate of drug-likeness (QED) is 0.375. The molecule has 0 saturated heterocycles. The van der Waals surface area contributed by atoms with Crippen LogP contribution in [0.5, 0.6) is 5.75 Å². The molecule has 0 spiro atoms. The highest BCUT2D eigenvalue weighted by atomic mass is 79.9. The summed E-state index contributed by atoms with van der Waals surface area (Å²) in [5, 5.41) is 9.70. The molecule has 2 nitrogen and oxygen atoms in total. The molecule has 0 atom stereocenters. The molecule has 0 fully saturated rings. The molecule has 0 heterocycles. The molecule has 2 rings (SSSR count). The lowest BCUT2D eigenvalue weighted by molar-refractivity contribution is 0.282. The molecule has 2 aromatic carbocycles. The Labute approximate surface area is 167 Å². The summed E-state index contributed by atoms with van der Waals surface area (Å²) < 4.78 is 8.05. The van der Waals surface area contributed by atoms with Crippen LogP contribution in [-0.4, -0.2) is 11.7 Å². The van der Waals surface area contributed by atoms with Crippen molar-refractivity contribution in [1.29, 1.82) is 0 Å². The average molecular weight is 470 g/mol. The monoisotopic (exact) mass is 468 g/mol. The Morgan fingerprint density at radius 1 is 0.840 bits per heavy atom. The molecule has 0 bridgehead atoms. The van der Waals surface area contributed by atoms with E-state index < -0.39 is 0 Å². The van der Waals surface area contributed by atoms with Crippen LogP contribution < -0.4 is 4.74 Å². The second-order valence-electron chi connectivity index (χ2n) is 6.22. The predicted octanol–water partition coefficient (Wildman–Crippen LogP) is 7.11. The molecular weight excluding hydrogens is 444 g/mol. The smallest absolute Gasteiger partial charge is 0.128 e. The molecule has 0 aliphatic rings. The van der Waals surface area contributed by atoms with Gasteiger partial charge in [0.2, 0.25) is 0 Å². The summed E-state index contributed by atoms with van der Waals surface area (Å²) in [5.41, 5.74) is 2.92. The van der Waals surface area contributed by atoms with Gasteiger partial charge in [-0.2, -0.15) is 0 Å². The van der Waals surface area contributed by atoms with Crippen molar-refractivity contribution in [3.8, 4) is 16.9 Å². The second kappa shape index (κ2) is 11.0. The predicted molar refractivity (Wildman–Crippen MR) is 112 cm³/mol. The van der Waals surface area contributed by atoms with E-state index in [4.69, 9.17) is 4.74 Å². The van der Waals surface area contributed by atoms with Gasteiger partial charge in [0.15, 0.2) is 0 Å². The molecule has 4 heteroatoms. The van der Waals surface area contributed by atoms with Crippen molar-refractivity contribution >= 4 is 31.9 Å². The van der Waals surface area contributed by atoms with E-state index in [9.17, 15) is 5.11 Å². The van der Waals surface area contributed by atoms with Crippen LogP contribution in [0.25, 0.3) is 11.1 Å². The Kier molecular flexibility index (Phi) is 9.00. The Morgan fingerprint density at radius 3 is 2.20 bits per heavy atom. The first-order chi connectivity index (χ1) is 12.2. The van der Waals surface area contributed by atoms with Gasteiger partial charge in [0, 0.05) is 14.5 Å². The maximum Gasteiger partial charge on any atom is 0.128 e. The van der Waals surface area contributed by atoms with E-state index in [1.54, 1.807) is 0 Å². The van der Waals surface area contributed by atoms with Crippen LogP contribution in [0.15, 0.2) is 45.3 Å². The molecule has 0 radical (unpaired) electrons. The minimum Gasteiger partial charge on any atom is -0.493 e. The fraction of sp³-hybridized carbons (Fsp3) is 0.429. The van der Waals surface area contributed by atoms with Gasteiger partial charge in [0.1, 0.15) is 5.75 Å². The third-order valence-corrected chi connectivity index (χ3v) is 5.21. The Morgan fingerprint density at radius 2 is 1.48 bits per heavy atom. The van der Waals surface area contributed by atoms with Crippen molar-refractivity contribution in [2.24, 2.45) is 0 Å². The fourth-order valence-corrected chi connectivity index (χ4v) is 3.61. The molecule has 0 amide bonds. The molecular formula is C21H26Br2O2. The minimum absolute atomic E-state index is 0.00169. The third kappa shape index (κ3) is 6.43. The van der Waals surface area contributed by atoms with Crippen molar-refractivity contribution in [2.45, 2.75) is 52.1 Å². The zero-order chi connectivity index (χ0) is 18.1. The first kappa shape index (κ1) is 20.5. The maximum atomic E-state index is 9.70. The van der Waals surface area contributed by atoms with Crippen molar-refractivity contribution in [3.05, 3.63) is 50.9 Å². The summed E-state index contributed by atoms with van der Waals surface area (Å²) >= 11 is 7.00. The van der Waals surface area contributed by atoms with Gasteiger partial charge < -0.3 is 9.84 Å². The zero-order valence-electron chi connectivity index (χ0n) is 14.7. The number of halogens is 2. The van der Waals surface area contributed by atoms with Crippen molar-refractivity contribution < 1.29 is 9.84 Å². The van der Waals surface area contributed by atoms with Crippen LogP contribution in [0.4, 0.5) is 0 Å². The number of rotatable bonds is 10. The van der Waals surface area contributed by atoms with E-state index in [1.165, 1.54) is 32.1 Å². The molecule has 1 N–H and O–H groups in total. The van der Waals surface area contributed by atoms with Gasteiger partial charge in [-0.3, -0.25) is 0 Å². The van der Waals surface area contributed by atoms with Crippen LogP contribution in [0.3, 0.4) is 0 Å². The van der Waals surface area contributed by atoms with Gasteiger partial charge in [0.05, 0.1) is 13.2 Å². The molecule has 25 heavy (non-hydrogen) atoms. The highest BCUT2D eigenvalue weighted by molar-refractivity contribution is 9.10. The van der Waals surface area contributed by atoms with Crippen molar-refractivity contribution in [2.75, 3.05) is 6.61 Å². The van der Waals surface area contributed by atoms with E-state index >= 15 is 0 Å². The normalized spacial score (nSPS) is 10.9. The Balaban J connectivity index is 2.07. The van der Waals surface area contributed by atoms with Gasteiger partial charge in [-0.15, -0.1) is 0 Å². The van der Waals surface area contributed by atoms with E-state index in [2.05, 4.69) is 38.8 Å². The average Bonchev–Trinajstić information content (AvgIpc) is 2.61. The van der Waals surface area contributed by atoms with Crippen LogP contribution in [-0.2, 0) is 6.61 Å². The maximum absolute atomic E-state index is 9.70. The number of unbranched alkanes of at least 4 members (excludes halogenated alkanes) is 5. The number of aliphatic hydroxyl groups excluding tert-OH is 1. The number of benzene rings is 2. The lowest BCUT2D eigenvalue weighted by atomic mass is 9.99. The van der Waals surface area contributed by atoms with Crippen LogP contribution >= 0.6 is 31.9 Å². The minimum atomic E-state index is 0.00169. The molecule has 0 aliphatic heterocycles. The summed E-state index contributed by atoms with van der Waals surface area (Å²) in [7, 11) is 0. The Hall–Kier alpha value is -0.840. The molecule has 0 aliphatic carbocycles. The van der Waals surface area contributed by atoms with Gasteiger partial charge in [-0.25, -0.2) is 0 Å². The SMILES string of the molecule is CCCCCCCCOc1cc(Br)ccc1-c1ccc(Br)cc1CO. The fourth-order valence-electron chi connectivity index (χ4n) is 2.86. The van der Waals surface area contributed by atoms with Crippen molar-refractivity contribution in [3.63, 3.8) is 0 Å². The van der Waals surface area contributed by atoms with Crippen molar-refractivity contribution in [1.82, 2.24) is 0 Å². The van der Waals surface area contributed by atoms with E-state index in [-0.39, 0.29) is 6.61 Å². The summed E-state index contributed by atoms with van der Waals surface area (Å²) in [6, 6.07) is 12.0.